The summed E-state index contributed by atoms with van der Waals surface area (Å²) in [5, 5.41) is 0.979. The first-order chi connectivity index (χ1) is 9.69. The van der Waals surface area contributed by atoms with Crippen molar-refractivity contribution in [2.24, 2.45) is 5.73 Å². The standard InChI is InChI=1S/C16H14FNO2/c1-19-14-7-6-11(8-12(14)17)16(18)15-9-10-4-2-3-5-13(10)20-15/h2-9,16H,18H2,1H3. The maximum atomic E-state index is 13.7. The Labute approximate surface area is 115 Å². The number of fused-ring (bicyclic) bond motifs is 1. The van der Waals surface area contributed by atoms with E-state index < -0.39 is 11.9 Å². The fourth-order valence-electron chi connectivity index (χ4n) is 2.20. The molecule has 2 aromatic carbocycles. The van der Waals surface area contributed by atoms with Gasteiger partial charge in [-0.25, -0.2) is 4.39 Å². The van der Waals surface area contributed by atoms with E-state index in [-0.39, 0.29) is 5.75 Å². The molecule has 20 heavy (non-hydrogen) atoms. The molecular formula is C16H14FNO2. The number of hydrogen-bond acceptors (Lipinski definition) is 3. The second-order valence-electron chi connectivity index (χ2n) is 4.56. The predicted molar refractivity (Wildman–Crippen MR) is 75.2 cm³/mol. The molecule has 1 aromatic heterocycles. The van der Waals surface area contributed by atoms with Crippen LogP contribution >= 0.6 is 0 Å². The average molecular weight is 271 g/mol. The first-order valence-corrected chi connectivity index (χ1v) is 6.26. The molecule has 0 spiro atoms. The molecule has 102 valence electrons. The number of furan rings is 1. The van der Waals surface area contributed by atoms with E-state index in [1.54, 1.807) is 12.1 Å². The van der Waals surface area contributed by atoms with Crippen molar-refractivity contribution in [3.05, 3.63) is 65.7 Å². The van der Waals surface area contributed by atoms with E-state index in [4.69, 9.17) is 14.9 Å². The summed E-state index contributed by atoms with van der Waals surface area (Å²) >= 11 is 0. The maximum Gasteiger partial charge on any atom is 0.165 e. The number of rotatable bonds is 3. The molecule has 0 bridgehead atoms. The van der Waals surface area contributed by atoms with E-state index in [1.165, 1.54) is 13.2 Å². The summed E-state index contributed by atoms with van der Waals surface area (Å²) in [4.78, 5) is 0. The third-order valence-electron chi connectivity index (χ3n) is 3.29. The van der Waals surface area contributed by atoms with Crippen LogP contribution in [0.1, 0.15) is 17.4 Å². The lowest BCUT2D eigenvalue weighted by molar-refractivity contribution is 0.386. The van der Waals surface area contributed by atoms with Crippen molar-refractivity contribution in [2.45, 2.75) is 6.04 Å². The monoisotopic (exact) mass is 271 g/mol. The Hall–Kier alpha value is -2.33. The summed E-state index contributed by atoms with van der Waals surface area (Å²) in [7, 11) is 1.43. The molecule has 0 fully saturated rings. The van der Waals surface area contributed by atoms with Gasteiger partial charge < -0.3 is 14.9 Å². The molecule has 2 N–H and O–H groups in total. The molecule has 0 aliphatic rings. The summed E-state index contributed by atoms with van der Waals surface area (Å²) in [6, 6.07) is 13.7. The van der Waals surface area contributed by atoms with E-state index in [2.05, 4.69) is 0 Å². The van der Waals surface area contributed by atoms with Crippen molar-refractivity contribution in [1.82, 2.24) is 0 Å². The number of methoxy groups -OCH3 is 1. The third kappa shape index (κ3) is 2.14. The van der Waals surface area contributed by atoms with Crippen molar-refractivity contribution >= 4 is 11.0 Å². The Kier molecular flexibility index (Phi) is 3.16. The van der Waals surface area contributed by atoms with E-state index in [1.807, 2.05) is 30.3 Å². The zero-order chi connectivity index (χ0) is 14.1. The van der Waals surface area contributed by atoms with Crippen LogP contribution in [0.3, 0.4) is 0 Å². The highest BCUT2D eigenvalue weighted by Crippen LogP contribution is 2.28. The Morgan fingerprint density at radius 1 is 1.15 bits per heavy atom. The van der Waals surface area contributed by atoms with Gasteiger partial charge in [-0.05, 0) is 29.8 Å². The molecule has 3 nitrogen and oxygen atoms in total. The molecule has 3 aromatic rings. The SMILES string of the molecule is COc1ccc(C(N)c2cc3ccccc3o2)cc1F. The predicted octanol–water partition coefficient (Wildman–Crippen LogP) is 3.63. The van der Waals surface area contributed by atoms with Gasteiger partial charge >= 0.3 is 0 Å². The largest absolute Gasteiger partial charge is 0.494 e. The Balaban J connectivity index is 1.99. The first-order valence-electron chi connectivity index (χ1n) is 6.26. The third-order valence-corrected chi connectivity index (χ3v) is 3.29. The van der Waals surface area contributed by atoms with Crippen LogP contribution in [0, 0.1) is 5.82 Å². The summed E-state index contributed by atoms with van der Waals surface area (Å²) in [5.41, 5.74) is 7.55. The van der Waals surface area contributed by atoms with Crippen molar-refractivity contribution < 1.29 is 13.5 Å². The fourth-order valence-corrected chi connectivity index (χ4v) is 2.20. The Morgan fingerprint density at radius 2 is 1.95 bits per heavy atom. The van der Waals surface area contributed by atoms with Crippen LogP contribution in [0.2, 0.25) is 0 Å². The summed E-state index contributed by atoms with van der Waals surface area (Å²) in [5.74, 6) is 0.373. The highest BCUT2D eigenvalue weighted by molar-refractivity contribution is 5.77. The van der Waals surface area contributed by atoms with E-state index in [0.717, 1.165) is 11.0 Å². The second kappa shape index (κ2) is 4.98. The van der Waals surface area contributed by atoms with Crippen LogP contribution in [-0.2, 0) is 0 Å². The van der Waals surface area contributed by atoms with Gasteiger partial charge in [0.25, 0.3) is 0 Å². The molecule has 4 heteroatoms. The lowest BCUT2D eigenvalue weighted by Crippen LogP contribution is -2.11. The van der Waals surface area contributed by atoms with Crippen LogP contribution in [0.4, 0.5) is 4.39 Å². The number of para-hydroxylation sites is 1. The van der Waals surface area contributed by atoms with Gasteiger partial charge in [-0.1, -0.05) is 24.3 Å². The van der Waals surface area contributed by atoms with Crippen molar-refractivity contribution in [1.29, 1.82) is 0 Å². The van der Waals surface area contributed by atoms with Gasteiger partial charge in [-0.15, -0.1) is 0 Å². The van der Waals surface area contributed by atoms with Gasteiger partial charge in [0, 0.05) is 5.39 Å². The molecule has 0 saturated heterocycles. The molecule has 1 heterocycles. The average Bonchev–Trinajstić information content (AvgIpc) is 2.90. The summed E-state index contributed by atoms with van der Waals surface area (Å²) < 4.78 is 24.3. The summed E-state index contributed by atoms with van der Waals surface area (Å²) in [6.45, 7) is 0. The highest BCUT2D eigenvalue weighted by Gasteiger charge is 2.16. The van der Waals surface area contributed by atoms with Crippen molar-refractivity contribution in [3.8, 4) is 5.75 Å². The number of ether oxygens (including phenoxy) is 1. The Morgan fingerprint density at radius 3 is 2.65 bits per heavy atom. The molecule has 0 radical (unpaired) electrons. The quantitative estimate of drug-likeness (QED) is 0.791. The van der Waals surface area contributed by atoms with Crippen LogP contribution < -0.4 is 10.5 Å². The molecule has 0 amide bonds. The highest BCUT2D eigenvalue weighted by atomic mass is 19.1. The second-order valence-corrected chi connectivity index (χ2v) is 4.56. The van der Waals surface area contributed by atoms with Gasteiger partial charge in [0.2, 0.25) is 0 Å². The lowest BCUT2D eigenvalue weighted by Gasteiger charge is -2.10. The van der Waals surface area contributed by atoms with Crippen LogP contribution in [-0.4, -0.2) is 7.11 Å². The minimum atomic E-state index is -0.511. The molecule has 3 rings (SSSR count). The number of halogens is 1. The van der Waals surface area contributed by atoms with Crippen LogP contribution in [0.5, 0.6) is 5.75 Å². The number of nitrogens with two attached hydrogens (primary N) is 1. The zero-order valence-corrected chi connectivity index (χ0v) is 11.0. The number of benzene rings is 2. The molecule has 0 aliphatic carbocycles. The number of hydrogen-bond donors (Lipinski definition) is 1. The smallest absolute Gasteiger partial charge is 0.165 e. The van der Waals surface area contributed by atoms with Crippen molar-refractivity contribution in [3.63, 3.8) is 0 Å². The van der Waals surface area contributed by atoms with Gasteiger partial charge in [0.05, 0.1) is 13.2 Å². The Bertz CT molecular complexity index is 718. The van der Waals surface area contributed by atoms with E-state index >= 15 is 0 Å². The molecule has 1 atom stereocenters. The van der Waals surface area contributed by atoms with Crippen LogP contribution in [0.25, 0.3) is 11.0 Å². The topological polar surface area (TPSA) is 48.4 Å². The molecule has 0 saturated carbocycles. The van der Waals surface area contributed by atoms with Crippen LogP contribution in [0.15, 0.2) is 52.9 Å². The minimum absolute atomic E-state index is 0.200. The van der Waals surface area contributed by atoms with Gasteiger partial charge in [-0.3, -0.25) is 0 Å². The van der Waals surface area contributed by atoms with Gasteiger partial charge in [0.15, 0.2) is 11.6 Å². The summed E-state index contributed by atoms with van der Waals surface area (Å²) in [6.07, 6.45) is 0. The molecular weight excluding hydrogens is 257 g/mol. The van der Waals surface area contributed by atoms with Crippen molar-refractivity contribution in [2.75, 3.05) is 7.11 Å². The van der Waals surface area contributed by atoms with E-state index in [9.17, 15) is 4.39 Å². The lowest BCUT2D eigenvalue weighted by atomic mass is 10.0. The minimum Gasteiger partial charge on any atom is -0.494 e. The normalized spacial score (nSPS) is 12.6. The maximum absolute atomic E-state index is 13.7. The van der Waals surface area contributed by atoms with Gasteiger partial charge in [-0.2, -0.15) is 0 Å². The van der Waals surface area contributed by atoms with Gasteiger partial charge in [0.1, 0.15) is 11.3 Å². The molecule has 1 unspecified atom stereocenters. The fraction of sp³-hybridized carbons (Fsp3) is 0.125. The van der Waals surface area contributed by atoms with E-state index in [0.29, 0.717) is 11.3 Å². The molecule has 0 aliphatic heterocycles. The zero-order valence-electron chi connectivity index (χ0n) is 11.0. The first kappa shape index (κ1) is 12.7.